The average molecular weight is 358 g/mol. The summed E-state index contributed by atoms with van der Waals surface area (Å²) >= 11 is 9.32. The van der Waals surface area contributed by atoms with Gasteiger partial charge in [0.25, 0.3) is 5.56 Å². The Labute approximate surface area is 129 Å². The molecule has 4 nitrogen and oxygen atoms in total. The highest BCUT2D eigenvalue weighted by molar-refractivity contribution is 9.10. The van der Waals surface area contributed by atoms with Crippen molar-refractivity contribution in [3.05, 3.63) is 59.8 Å². The Kier molecular flexibility index (Phi) is 4.50. The molecule has 20 heavy (non-hydrogen) atoms. The Morgan fingerprint density at radius 2 is 2.05 bits per heavy atom. The first-order valence-corrected chi connectivity index (χ1v) is 7.43. The second-order valence-corrected chi connectivity index (χ2v) is 5.84. The summed E-state index contributed by atoms with van der Waals surface area (Å²) in [4.78, 5) is 27.1. The van der Waals surface area contributed by atoms with Crippen LogP contribution in [0.15, 0.2) is 32.3 Å². The third-order valence-electron chi connectivity index (χ3n) is 3.06. The third-order valence-corrected chi connectivity index (χ3v) is 3.87. The van der Waals surface area contributed by atoms with Crippen molar-refractivity contribution in [3.8, 4) is 5.69 Å². The van der Waals surface area contributed by atoms with Gasteiger partial charge in [-0.3, -0.25) is 9.78 Å². The van der Waals surface area contributed by atoms with Crippen molar-refractivity contribution in [2.24, 2.45) is 0 Å². The molecule has 0 radical (unpaired) electrons. The van der Waals surface area contributed by atoms with E-state index in [1.807, 2.05) is 26.0 Å². The molecule has 6 heteroatoms. The molecule has 1 aromatic carbocycles. The Morgan fingerprint density at radius 3 is 2.70 bits per heavy atom. The number of H-pyrrole nitrogens is 1. The molecule has 0 amide bonds. The van der Waals surface area contributed by atoms with Crippen molar-refractivity contribution < 1.29 is 0 Å². The first kappa shape index (κ1) is 15.1. The van der Waals surface area contributed by atoms with Gasteiger partial charge in [-0.1, -0.05) is 46.9 Å². The first-order valence-electron chi connectivity index (χ1n) is 6.26. The molecule has 0 atom stereocenters. The molecule has 0 unspecified atom stereocenters. The second-order valence-electron chi connectivity index (χ2n) is 4.54. The van der Waals surface area contributed by atoms with Gasteiger partial charge in [-0.05, 0) is 31.0 Å². The number of halogens is 2. The summed E-state index contributed by atoms with van der Waals surface area (Å²) in [5.41, 5.74) is 0.946. The summed E-state index contributed by atoms with van der Waals surface area (Å²) in [7, 11) is 0. The van der Waals surface area contributed by atoms with Crippen LogP contribution in [0.3, 0.4) is 0 Å². The van der Waals surface area contributed by atoms with Crippen LogP contribution in [0.25, 0.3) is 5.69 Å². The highest BCUT2D eigenvalue weighted by Gasteiger charge is 2.14. The zero-order valence-corrected chi connectivity index (χ0v) is 13.5. The Hall–Kier alpha value is -1.33. The van der Waals surface area contributed by atoms with Gasteiger partial charge in [-0.25, -0.2) is 9.36 Å². The number of aryl methyl sites for hydroxylation is 1. The Bertz CT molecular complexity index is 765. The molecular weight excluding hydrogens is 344 g/mol. The van der Waals surface area contributed by atoms with Crippen LogP contribution in [0, 0.1) is 6.92 Å². The number of aromatic nitrogens is 2. The van der Waals surface area contributed by atoms with E-state index in [2.05, 4.69) is 20.9 Å². The van der Waals surface area contributed by atoms with Gasteiger partial charge in [0.15, 0.2) is 0 Å². The maximum absolute atomic E-state index is 12.5. The predicted molar refractivity (Wildman–Crippen MR) is 84.1 cm³/mol. The molecule has 0 aliphatic rings. The normalized spacial score (nSPS) is 10.8. The third kappa shape index (κ3) is 2.74. The highest BCUT2D eigenvalue weighted by atomic mass is 79.9. The van der Waals surface area contributed by atoms with E-state index in [0.29, 0.717) is 17.7 Å². The maximum atomic E-state index is 12.5. The molecular formula is C14H14BrClN2O2. The number of hydrogen-bond donors (Lipinski definition) is 1. The lowest BCUT2D eigenvalue weighted by molar-refractivity contribution is 0.808. The number of benzene rings is 1. The fraction of sp³-hybridized carbons (Fsp3) is 0.286. The summed E-state index contributed by atoms with van der Waals surface area (Å²) < 4.78 is 1.94. The molecule has 2 rings (SSSR count). The predicted octanol–water partition coefficient (Wildman–Crippen LogP) is 3.20. The van der Waals surface area contributed by atoms with Gasteiger partial charge in [0.1, 0.15) is 5.15 Å². The van der Waals surface area contributed by atoms with E-state index in [1.54, 1.807) is 6.07 Å². The maximum Gasteiger partial charge on any atom is 0.334 e. The van der Waals surface area contributed by atoms with Crippen LogP contribution >= 0.6 is 27.5 Å². The fourth-order valence-corrected chi connectivity index (χ4v) is 2.66. The summed E-state index contributed by atoms with van der Waals surface area (Å²) in [5.74, 6) is 0. The minimum Gasteiger partial charge on any atom is -0.297 e. The lowest BCUT2D eigenvalue weighted by Gasteiger charge is -2.11. The van der Waals surface area contributed by atoms with Gasteiger partial charge in [-0.15, -0.1) is 0 Å². The number of aromatic amines is 1. The molecule has 2 aromatic rings. The molecule has 0 saturated heterocycles. The topological polar surface area (TPSA) is 54.9 Å². The summed E-state index contributed by atoms with van der Waals surface area (Å²) in [6.45, 7) is 3.80. The van der Waals surface area contributed by atoms with E-state index in [1.165, 1.54) is 0 Å². The van der Waals surface area contributed by atoms with Crippen LogP contribution in [0.2, 0.25) is 5.15 Å². The van der Waals surface area contributed by atoms with E-state index < -0.39 is 5.69 Å². The smallest absolute Gasteiger partial charge is 0.297 e. The van der Waals surface area contributed by atoms with Crippen LogP contribution in [0.4, 0.5) is 0 Å². The lowest BCUT2D eigenvalue weighted by Crippen LogP contribution is -2.36. The van der Waals surface area contributed by atoms with Crippen molar-refractivity contribution >= 4 is 27.5 Å². The van der Waals surface area contributed by atoms with Gasteiger partial charge in [0.2, 0.25) is 0 Å². The second kappa shape index (κ2) is 5.97. The van der Waals surface area contributed by atoms with Crippen LogP contribution < -0.4 is 11.2 Å². The SMILES string of the molecule is CCCc1c(Cl)[nH]c(=O)n(-c2cc(Br)ccc2C)c1=O. The zero-order chi connectivity index (χ0) is 14.9. The first-order chi connectivity index (χ1) is 9.45. The van der Waals surface area contributed by atoms with Gasteiger partial charge < -0.3 is 0 Å². The van der Waals surface area contributed by atoms with Crippen molar-refractivity contribution in [3.63, 3.8) is 0 Å². The molecule has 1 N–H and O–H groups in total. The van der Waals surface area contributed by atoms with Crippen LogP contribution in [-0.2, 0) is 6.42 Å². The van der Waals surface area contributed by atoms with Crippen LogP contribution in [0.5, 0.6) is 0 Å². The quantitative estimate of drug-likeness (QED) is 0.858. The fourth-order valence-electron chi connectivity index (χ4n) is 2.06. The van der Waals surface area contributed by atoms with E-state index in [-0.39, 0.29) is 10.7 Å². The van der Waals surface area contributed by atoms with E-state index >= 15 is 0 Å². The minimum absolute atomic E-state index is 0.130. The van der Waals surface area contributed by atoms with Crippen molar-refractivity contribution in [1.82, 2.24) is 9.55 Å². The van der Waals surface area contributed by atoms with Crippen molar-refractivity contribution in [2.45, 2.75) is 26.7 Å². The lowest BCUT2D eigenvalue weighted by atomic mass is 10.1. The zero-order valence-electron chi connectivity index (χ0n) is 11.2. The van der Waals surface area contributed by atoms with Gasteiger partial charge in [-0.2, -0.15) is 0 Å². The number of hydrogen-bond acceptors (Lipinski definition) is 2. The molecule has 0 bridgehead atoms. The molecule has 0 aliphatic heterocycles. The van der Waals surface area contributed by atoms with Crippen LogP contribution in [-0.4, -0.2) is 9.55 Å². The number of nitrogens with one attached hydrogen (secondary N) is 1. The van der Waals surface area contributed by atoms with Gasteiger partial charge in [0.05, 0.1) is 11.3 Å². The minimum atomic E-state index is -0.527. The van der Waals surface area contributed by atoms with E-state index in [9.17, 15) is 9.59 Å². The van der Waals surface area contributed by atoms with E-state index in [4.69, 9.17) is 11.6 Å². The largest absolute Gasteiger partial charge is 0.334 e. The molecule has 0 saturated carbocycles. The van der Waals surface area contributed by atoms with Crippen molar-refractivity contribution in [2.75, 3.05) is 0 Å². The summed E-state index contributed by atoms with van der Waals surface area (Å²) in [6, 6.07) is 5.45. The highest BCUT2D eigenvalue weighted by Crippen LogP contribution is 2.18. The average Bonchev–Trinajstić information content (AvgIpc) is 2.38. The number of rotatable bonds is 3. The Morgan fingerprint density at radius 1 is 1.35 bits per heavy atom. The Balaban J connectivity index is 2.81. The standard InChI is InChI=1S/C14H14BrClN2O2/c1-3-4-10-12(16)17-14(20)18(13(10)19)11-7-9(15)6-5-8(11)2/h5-7H,3-4H2,1-2H3,(H,17,20). The molecule has 0 spiro atoms. The molecule has 106 valence electrons. The van der Waals surface area contributed by atoms with E-state index in [0.717, 1.165) is 21.0 Å². The van der Waals surface area contributed by atoms with Gasteiger partial charge >= 0.3 is 5.69 Å². The summed E-state index contributed by atoms with van der Waals surface area (Å²) in [6.07, 6.45) is 1.31. The molecule has 0 fully saturated rings. The van der Waals surface area contributed by atoms with Gasteiger partial charge in [0, 0.05) is 4.47 Å². The molecule has 1 aromatic heterocycles. The number of nitrogens with zero attached hydrogens (tertiary/aromatic N) is 1. The summed E-state index contributed by atoms with van der Waals surface area (Å²) in [5, 5.41) is 0.130. The van der Waals surface area contributed by atoms with Crippen LogP contribution in [0.1, 0.15) is 24.5 Å². The molecule has 1 heterocycles. The van der Waals surface area contributed by atoms with Crippen molar-refractivity contribution in [1.29, 1.82) is 0 Å². The molecule has 0 aliphatic carbocycles. The monoisotopic (exact) mass is 356 g/mol.